The molecule has 0 atom stereocenters. The number of nitrogens with zero attached hydrogens (tertiary/aromatic N) is 1. The fourth-order valence-corrected chi connectivity index (χ4v) is 3.82. The van der Waals surface area contributed by atoms with Crippen molar-refractivity contribution in [1.82, 2.24) is 4.90 Å². The fourth-order valence-electron chi connectivity index (χ4n) is 2.39. The summed E-state index contributed by atoms with van der Waals surface area (Å²) in [6.45, 7) is 4.33. The normalized spacial score (nSPS) is 11.4. The molecule has 0 heterocycles. The zero-order valence-corrected chi connectivity index (χ0v) is 15.8. The Morgan fingerprint density at radius 2 is 1.68 bits per heavy atom. The van der Waals surface area contributed by atoms with E-state index in [1.165, 1.54) is 28.2 Å². The topological polar surface area (TPSA) is 54.5 Å². The summed E-state index contributed by atoms with van der Waals surface area (Å²) in [6.07, 6.45) is 0.850. The quantitative estimate of drug-likeness (QED) is 0.683. The first-order valence-electron chi connectivity index (χ1n) is 7.78. The molecule has 0 aromatic heterocycles. The van der Waals surface area contributed by atoms with Crippen LogP contribution >= 0.6 is 11.6 Å². The molecule has 0 fully saturated rings. The maximum absolute atomic E-state index is 14.2. The monoisotopic (exact) mass is 383 g/mol. The molecule has 0 N–H and O–H groups in total. The molecule has 0 saturated heterocycles. The lowest BCUT2D eigenvalue weighted by molar-refractivity contribution is 0.0767. The van der Waals surface area contributed by atoms with Crippen molar-refractivity contribution in [2.75, 3.05) is 19.3 Å². The molecular formula is C18H19ClFNO3S. The first-order chi connectivity index (χ1) is 11.7. The van der Waals surface area contributed by atoms with Crippen molar-refractivity contribution < 1.29 is 17.6 Å². The molecule has 0 unspecified atom stereocenters. The fraction of sp³-hybridized carbons (Fsp3) is 0.278. The highest BCUT2D eigenvalue weighted by Crippen LogP contribution is 2.32. The Morgan fingerprint density at radius 1 is 1.12 bits per heavy atom. The molecule has 0 aliphatic heterocycles. The highest BCUT2D eigenvalue weighted by Gasteiger charge is 2.25. The molecule has 134 valence electrons. The Morgan fingerprint density at radius 3 is 2.04 bits per heavy atom. The number of carbonyl (C=O) groups is 1. The van der Waals surface area contributed by atoms with Gasteiger partial charge in [0.05, 0.1) is 10.6 Å². The summed E-state index contributed by atoms with van der Waals surface area (Å²) < 4.78 is 37.2. The summed E-state index contributed by atoms with van der Waals surface area (Å²) in [5.74, 6) is -1.64. The zero-order valence-electron chi connectivity index (χ0n) is 14.2. The first-order valence-corrected chi connectivity index (χ1v) is 10.0. The molecule has 25 heavy (non-hydrogen) atoms. The predicted octanol–water partition coefficient (Wildman–Crippen LogP) is 4.03. The third kappa shape index (κ3) is 4.38. The lowest BCUT2D eigenvalue weighted by Gasteiger charge is -2.19. The maximum atomic E-state index is 14.2. The molecule has 2 aliphatic rings. The summed E-state index contributed by atoms with van der Waals surface area (Å²) in [4.78, 5) is 12.8. The van der Waals surface area contributed by atoms with E-state index >= 15 is 0 Å². The Bertz CT molecular complexity index is 891. The second-order valence-electron chi connectivity index (χ2n) is 5.57. The number of halogens is 2. The number of hydrogen-bond acceptors (Lipinski definition) is 3. The van der Waals surface area contributed by atoms with E-state index in [-0.39, 0.29) is 10.6 Å². The van der Waals surface area contributed by atoms with Gasteiger partial charge < -0.3 is 4.90 Å². The van der Waals surface area contributed by atoms with Gasteiger partial charge in [-0.05, 0) is 43.2 Å². The van der Waals surface area contributed by atoms with Crippen LogP contribution in [0.15, 0.2) is 41.3 Å². The van der Waals surface area contributed by atoms with Gasteiger partial charge in [0.15, 0.2) is 15.7 Å². The number of amides is 1. The van der Waals surface area contributed by atoms with Crippen LogP contribution in [0.4, 0.5) is 4.39 Å². The van der Waals surface area contributed by atoms with Crippen molar-refractivity contribution in [3.05, 3.63) is 52.8 Å². The van der Waals surface area contributed by atoms with Crippen molar-refractivity contribution in [3.63, 3.8) is 0 Å². The molecule has 2 aliphatic carbocycles. The van der Waals surface area contributed by atoms with Crippen LogP contribution in [-0.2, 0) is 9.84 Å². The number of carbonyl (C=O) groups excluding carboxylic acids is 1. The number of rotatable bonds is 4. The molecule has 1 aromatic rings. The van der Waals surface area contributed by atoms with E-state index in [1.54, 1.807) is 13.8 Å². The zero-order chi connectivity index (χ0) is 18.8. The van der Waals surface area contributed by atoms with Gasteiger partial charge in [0.25, 0.3) is 5.91 Å². The van der Waals surface area contributed by atoms with Crippen LogP contribution in [0.25, 0.3) is 11.1 Å². The second kappa shape index (κ2) is 7.54. The molecule has 0 spiro atoms. The molecule has 1 amide bonds. The molecule has 7 heteroatoms. The van der Waals surface area contributed by atoms with Gasteiger partial charge in [-0.2, -0.15) is 0 Å². The highest BCUT2D eigenvalue weighted by molar-refractivity contribution is 7.90. The average Bonchev–Trinajstić information content (AvgIpc) is 3.13. The second-order valence-corrected chi connectivity index (χ2v) is 7.93. The van der Waals surface area contributed by atoms with Crippen LogP contribution in [0.5, 0.6) is 0 Å². The number of hydrogen-bond donors (Lipinski definition) is 0. The van der Waals surface area contributed by atoms with E-state index in [9.17, 15) is 17.6 Å². The Kier molecular flexibility index (Phi) is 5.85. The molecule has 1 aromatic carbocycles. The number of fused-ring (bicyclic) bond motifs is 1. The van der Waals surface area contributed by atoms with Gasteiger partial charge in [-0.15, -0.1) is 0 Å². The first kappa shape index (κ1) is 19.4. The van der Waals surface area contributed by atoms with Gasteiger partial charge in [-0.1, -0.05) is 29.8 Å². The Balaban J connectivity index is 0.000000306. The van der Waals surface area contributed by atoms with Crippen LogP contribution in [0.3, 0.4) is 0 Å². The molecule has 0 bridgehead atoms. The summed E-state index contributed by atoms with van der Waals surface area (Å²) >= 11 is 5.69. The number of benzene rings is 2. The molecule has 4 nitrogen and oxygen atoms in total. The molecule has 0 saturated carbocycles. The molecule has 0 radical (unpaired) electrons. The average molecular weight is 384 g/mol. The van der Waals surface area contributed by atoms with Crippen molar-refractivity contribution in [2.24, 2.45) is 0 Å². The van der Waals surface area contributed by atoms with E-state index < -0.39 is 26.5 Å². The molecular weight excluding hydrogens is 365 g/mol. The van der Waals surface area contributed by atoms with E-state index in [1.807, 2.05) is 0 Å². The lowest BCUT2D eigenvalue weighted by Crippen LogP contribution is -2.31. The van der Waals surface area contributed by atoms with E-state index in [0.29, 0.717) is 13.1 Å². The van der Waals surface area contributed by atoms with Crippen molar-refractivity contribution in [3.8, 4) is 11.1 Å². The Hall–Kier alpha value is -1.92. The van der Waals surface area contributed by atoms with Gasteiger partial charge >= 0.3 is 0 Å². The predicted molar refractivity (Wildman–Crippen MR) is 97.2 cm³/mol. The third-order valence-electron chi connectivity index (χ3n) is 3.81. The number of sulfone groups is 1. The minimum atomic E-state index is -3.84. The van der Waals surface area contributed by atoms with Crippen LogP contribution in [0.2, 0.25) is 5.02 Å². The van der Waals surface area contributed by atoms with E-state index in [0.717, 1.165) is 6.26 Å². The standard InChI is InChI=1S/C12H15ClFNO3S.C6H4/c1-4-15(5-2)12(16)8-6-7-9(13)11(10(8)14)19(3,17)18;1-2-5-4-6(5)3-1/h6-7H,4-5H2,1-3H3;1-4H. The van der Waals surface area contributed by atoms with Gasteiger partial charge in [-0.25, -0.2) is 12.8 Å². The van der Waals surface area contributed by atoms with E-state index in [4.69, 9.17) is 11.6 Å². The Labute approximate surface area is 152 Å². The van der Waals surface area contributed by atoms with Crippen LogP contribution in [-0.4, -0.2) is 38.6 Å². The van der Waals surface area contributed by atoms with Crippen molar-refractivity contribution >= 4 is 27.3 Å². The molecule has 3 rings (SSSR count). The van der Waals surface area contributed by atoms with Gasteiger partial charge in [0, 0.05) is 19.3 Å². The highest BCUT2D eigenvalue weighted by atomic mass is 35.5. The smallest absolute Gasteiger partial charge is 0.256 e. The summed E-state index contributed by atoms with van der Waals surface area (Å²) in [5.41, 5.74) is 2.57. The van der Waals surface area contributed by atoms with Gasteiger partial charge in [0.2, 0.25) is 0 Å². The van der Waals surface area contributed by atoms with Gasteiger partial charge in [0.1, 0.15) is 4.90 Å². The van der Waals surface area contributed by atoms with Crippen LogP contribution in [0, 0.1) is 5.82 Å². The van der Waals surface area contributed by atoms with Gasteiger partial charge in [-0.3, -0.25) is 4.79 Å². The summed E-state index contributed by atoms with van der Waals surface area (Å²) in [7, 11) is -3.84. The minimum Gasteiger partial charge on any atom is -0.339 e. The maximum Gasteiger partial charge on any atom is 0.256 e. The lowest BCUT2D eigenvalue weighted by atomic mass is 10.2. The SMILES string of the molecule is CCN(CC)C(=O)c1ccc(Cl)c(S(C)(=O)=O)c1F.c1cc2cc-2c1. The van der Waals surface area contributed by atoms with E-state index in [2.05, 4.69) is 24.3 Å². The van der Waals surface area contributed by atoms with Crippen LogP contribution < -0.4 is 0 Å². The summed E-state index contributed by atoms with van der Waals surface area (Å²) in [5, 5.41) is -0.226. The van der Waals surface area contributed by atoms with Crippen molar-refractivity contribution in [2.45, 2.75) is 18.7 Å². The minimum absolute atomic E-state index is 0.226. The van der Waals surface area contributed by atoms with Crippen LogP contribution in [0.1, 0.15) is 24.2 Å². The third-order valence-corrected chi connectivity index (χ3v) is 5.38. The van der Waals surface area contributed by atoms with Crippen molar-refractivity contribution in [1.29, 1.82) is 0 Å². The largest absolute Gasteiger partial charge is 0.339 e. The summed E-state index contributed by atoms with van der Waals surface area (Å²) in [6, 6.07) is 10.9.